The molecule has 2 heterocycles. The molecule has 0 saturated heterocycles. The quantitative estimate of drug-likeness (QED) is 0.313. The lowest BCUT2D eigenvalue weighted by Gasteiger charge is -2.18. The van der Waals surface area contributed by atoms with Crippen LogP contribution in [-0.4, -0.2) is 37.2 Å². The number of hydrogen-bond donors (Lipinski definition) is 4. The summed E-state index contributed by atoms with van der Waals surface area (Å²) in [6, 6.07) is 14.7. The SMILES string of the molecule is O=C(CC(c1ccc(F)cc1)c1c(O)nc2ccccn2c1=O)NCCc1ccc(O)c(O)c1. The summed E-state index contributed by atoms with van der Waals surface area (Å²) in [4.78, 5) is 30.1. The zero-order valence-corrected chi connectivity index (χ0v) is 18.0. The molecule has 0 aliphatic rings. The van der Waals surface area contributed by atoms with E-state index in [9.17, 15) is 29.3 Å². The van der Waals surface area contributed by atoms with Crippen LogP contribution in [0.15, 0.2) is 71.7 Å². The molecule has 2 aromatic carbocycles. The summed E-state index contributed by atoms with van der Waals surface area (Å²) in [7, 11) is 0. The average molecular weight is 463 g/mol. The van der Waals surface area contributed by atoms with Crippen molar-refractivity contribution < 1.29 is 24.5 Å². The van der Waals surface area contributed by atoms with Crippen LogP contribution in [0.5, 0.6) is 17.4 Å². The molecule has 4 N–H and O–H groups in total. The fourth-order valence-corrected chi connectivity index (χ4v) is 3.81. The van der Waals surface area contributed by atoms with Gasteiger partial charge in [-0.1, -0.05) is 24.3 Å². The number of pyridine rings is 1. The van der Waals surface area contributed by atoms with E-state index >= 15 is 0 Å². The number of phenols is 2. The molecule has 8 nitrogen and oxygen atoms in total. The van der Waals surface area contributed by atoms with Gasteiger partial charge in [-0.2, -0.15) is 4.98 Å². The highest BCUT2D eigenvalue weighted by molar-refractivity contribution is 5.77. The van der Waals surface area contributed by atoms with Gasteiger partial charge >= 0.3 is 0 Å². The van der Waals surface area contributed by atoms with Crippen molar-refractivity contribution in [3.05, 3.63) is 99.7 Å². The molecule has 4 rings (SSSR count). The van der Waals surface area contributed by atoms with Crippen molar-refractivity contribution in [3.8, 4) is 17.4 Å². The zero-order valence-electron chi connectivity index (χ0n) is 18.0. The van der Waals surface area contributed by atoms with Crippen LogP contribution in [0.1, 0.15) is 29.0 Å². The van der Waals surface area contributed by atoms with Gasteiger partial charge in [0.15, 0.2) is 11.5 Å². The molecule has 0 radical (unpaired) electrons. The van der Waals surface area contributed by atoms with Gasteiger partial charge in [-0.3, -0.25) is 14.0 Å². The van der Waals surface area contributed by atoms with Gasteiger partial charge in [0.2, 0.25) is 11.8 Å². The number of aromatic nitrogens is 2. The zero-order chi connectivity index (χ0) is 24.2. The summed E-state index contributed by atoms with van der Waals surface area (Å²) in [5, 5.41) is 32.3. The number of benzene rings is 2. The van der Waals surface area contributed by atoms with Gasteiger partial charge in [-0.25, -0.2) is 4.39 Å². The largest absolute Gasteiger partial charge is 0.504 e. The van der Waals surface area contributed by atoms with Crippen molar-refractivity contribution in [1.29, 1.82) is 0 Å². The predicted octanol–water partition coefficient (Wildman–Crippen LogP) is 2.83. The second kappa shape index (κ2) is 9.62. The number of amides is 1. The highest BCUT2D eigenvalue weighted by atomic mass is 19.1. The molecule has 0 aliphatic carbocycles. The van der Waals surface area contributed by atoms with Gasteiger partial charge in [0.25, 0.3) is 5.56 Å². The molecule has 0 fully saturated rings. The Morgan fingerprint density at radius 2 is 1.79 bits per heavy atom. The number of halogens is 1. The number of rotatable bonds is 7. The van der Waals surface area contributed by atoms with Crippen LogP contribution < -0.4 is 10.9 Å². The van der Waals surface area contributed by atoms with Gasteiger partial charge < -0.3 is 20.6 Å². The Kier molecular flexibility index (Phi) is 6.44. The fraction of sp³-hybridized carbons (Fsp3) is 0.160. The van der Waals surface area contributed by atoms with E-state index < -0.39 is 29.1 Å². The van der Waals surface area contributed by atoms with Crippen LogP contribution in [0.4, 0.5) is 4.39 Å². The van der Waals surface area contributed by atoms with Gasteiger partial charge in [-0.05, 0) is 53.9 Å². The summed E-state index contributed by atoms with van der Waals surface area (Å²) in [6.07, 6.45) is 1.73. The van der Waals surface area contributed by atoms with Gasteiger partial charge in [0.05, 0.1) is 5.56 Å². The van der Waals surface area contributed by atoms with E-state index in [0.717, 1.165) is 0 Å². The molecule has 0 saturated carbocycles. The van der Waals surface area contributed by atoms with Crippen LogP contribution in [0.25, 0.3) is 5.65 Å². The second-order valence-electron chi connectivity index (χ2n) is 7.81. The third kappa shape index (κ3) is 4.83. The molecule has 4 aromatic rings. The Balaban J connectivity index is 1.59. The van der Waals surface area contributed by atoms with E-state index in [1.807, 2.05) is 0 Å². The first-order valence-corrected chi connectivity index (χ1v) is 10.6. The maximum atomic E-state index is 13.5. The molecule has 0 bridgehead atoms. The lowest BCUT2D eigenvalue weighted by atomic mass is 9.89. The molecular weight excluding hydrogens is 441 g/mol. The van der Waals surface area contributed by atoms with Gasteiger partial charge in [-0.15, -0.1) is 0 Å². The Bertz CT molecular complexity index is 1400. The first kappa shape index (κ1) is 22.8. The van der Waals surface area contributed by atoms with Gasteiger partial charge in [0.1, 0.15) is 11.5 Å². The molecule has 1 amide bonds. The minimum absolute atomic E-state index is 0.0612. The number of phenolic OH excluding ortho intramolecular Hbond substituents is 2. The third-order valence-corrected chi connectivity index (χ3v) is 5.53. The normalized spacial score (nSPS) is 11.9. The van der Waals surface area contributed by atoms with Crippen LogP contribution in [-0.2, 0) is 11.2 Å². The number of fused-ring (bicyclic) bond motifs is 1. The minimum Gasteiger partial charge on any atom is -0.504 e. The maximum Gasteiger partial charge on any atom is 0.265 e. The standard InChI is InChI=1S/C25H22FN3O5/c26-17-7-5-16(6-8-17)18(23-24(33)28-21-3-1-2-12-29(21)25(23)34)14-22(32)27-11-10-15-4-9-19(30)20(31)13-15/h1-9,12-13,18,30-31,33H,10-11,14H2,(H,27,32). The summed E-state index contributed by atoms with van der Waals surface area (Å²) < 4.78 is 14.8. The number of nitrogens with zero attached hydrogens (tertiary/aromatic N) is 2. The van der Waals surface area contributed by atoms with Crippen molar-refractivity contribution >= 4 is 11.6 Å². The molecule has 1 atom stereocenters. The molecular formula is C25H22FN3O5. The Labute approximate surface area is 193 Å². The van der Waals surface area contributed by atoms with Crippen LogP contribution in [0, 0.1) is 5.82 Å². The van der Waals surface area contributed by atoms with Crippen molar-refractivity contribution in [2.45, 2.75) is 18.8 Å². The van der Waals surface area contributed by atoms with Crippen molar-refractivity contribution in [1.82, 2.24) is 14.7 Å². The average Bonchev–Trinajstić information content (AvgIpc) is 2.81. The summed E-state index contributed by atoms with van der Waals surface area (Å²) >= 11 is 0. The Hall–Kier alpha value is -4.40. The van der Waals surface area contributed by atoms with E-state index in [4.69, 9.17) is 0 Å². The highest BCUT2D eigenvalue weighted by Gasteiger charge is 2.26. The van der Waals surface area contributed by atoms with Crippen LogP contribution >= 0.6 is 0 Å². The fourth-order valence-electron chi connectivity index (χ4n) is 3.81. The number of carbonyl (C=O) groups excluding carboxylic acids is 1. The molecule has 2 aromatic heterocycles. The van der Waals surface area contributed by atoms with Crippen molar-refractivity contribution in [2.75, 3.05) is 6.54 Å². The summed E-state index contributed by atoms with van der Waals surface area (Å²) in [6.45, 7) is 0.236. The second-order valence-corrected chi connectivity index (χ2v) is 7.81. The molecule has 9 heteroatoms. The molecule has 0 spiro atoms. The highest BCUT2D eigenvalue weighted by Crippen LogP contribution is 2.31. The minimum atomic E-state index is -0.865. The monoisotopic (exact) mass is 463 g/mol. The summed E-state index contributed by atoms with van der Waals surface area (Å²) in [5.41, 5.74) is 0.859. The van der Waals surface area contributed by atoms with E-state index in [1.54, 1.807) is 24.3 Å². The number of aromatic hydroxyl groups is 3. The van der Waals surface area contributed by atoms with Crippen LogP contribution in [0.3, 0.4) is 0 Å². The topological polar surface area (TPSA) is 124 Å². The van der Waals surface area contributed by atoms with E-state index in [-0.39, 0.29) is 35.7 Å². The lowest BCUT2D eigenvalue weighted by Crippen LogP contribution is -2.30. The van der Waals surface area contributed by atoms with E-state index in [2.05, 4.69) is 10.3 Å². The maximum absolute atomic E-state index is 13.5. The van der Waals surface area contributed by atoms with Gasteiger partial charge in [0, 0.05) is 25.1 Å². The Morgan fingerprint density at radius 1 is 1.03 bits per heavy atom. The first-order chi connectivity index (χ1) is 16.3. The molecule has 0 aliphatic heterocycles. The van der Waals surface area contributed by atoms with Crippen molar-refractivity contribution in [3.63, 3.8) is 0 Å². The molecule has 34 heavy (non-hydrogen) atoms. The smallest absolute Gasteiger partial charge is 0.265 e. The predicted molar refractivity (Wildman–Crippen MR) is 122 cm³/mol. The molecule has 1 unspecified atom stereocenters. The number of hydrogen-bond acceptors (Lipinski definition) is 6. The first-order valence-electron chi connectivity index (χ1n) is 10.6. The third-order valence-electron chi connectivity index (χ3n) is 5.53. The van der Waals surface area contributed by atoms with E-state index in [0.29, 0.717) is 17.5 Å². The molecule has 174 valence electrons. The van der Waals surface area contributed by atoms with E-state index in [1.165, 1.54) is 47.0 Å². The number of carbonyl (C=O) groups is 1. The Morgan fingerprint density at radius 3 is 2.53 bits per heavy atom. The van der Waals surface area contributed by atoms with Crippen molar-refractivity contribution in [2.24, 2.45) is 0 Å². The number of nitrogens with one attached hydrogen (secondary N) is 1. The lowest BCUT2D eigenvalue weighted by molar-refractivity contribution is -0.121. The summed E-state index contributed by atoms with van der Waals surface area (Å²) in [5.74, 6) is -2.70. The van der Waals surface area contributed by atoms with Crippen LogP contribution in [0.2, 0.25) is 0 Å².